The van der Waals surface area contributed by atoms with Gasteiger partial charge in [0.05, 0.1) is 6.61 Å². The average Bonchev–Trinajstić information content (AvgIpc) is 3.34. The summed E-state index contributed by atoms with van der Waals surface area (Å²) in [7, 11) is 0. The molecule has 0 N–H and O–H groups in total. The Morgan fingerprint density at radius 1 is 0.324 bits per heavy atom. The molecule has 1 atom stereocenters. The molecule has 0 saturated carbocycles. The van der Waals surface area contributed by atoms with Crippen LogP contribution in [-0.2, 0) is 23.8 Å². The lowest BCUT2D eigenvalue weighted by atomic mass is 10.0. The molecule has 0 radical (unpaired) electrons. The number of ether oxygens (including phenoxy) is 3. The molecule has 5 heteroatoms. The Hall–Kier alpha value is -1.88. The Labute approximate surface area is 425 Å². The summed E-state index contributed by atoms with van der Waals surface area (Å²) in [6, 6.07) is 0. The van der Waals surface area contributed by atoms with Gasteiger partial charge in [0, 0.05) is 19.4 Å². The third-order valence-electron chi connectivity index (χ3n) is 13.6. The third-order valence-corrected chi connectivity index (χ3v) is 13.6. The fourth-order valence-corrected chi connectivity index (χ4v) is 9.07. The Bertz CT molecular complexity index is 1080. The van der Waals surface area contributed by atoms with E-state index < -0.39 is 6.10 Å². The number of hydrogen-bond acceptors (Lipinski definition) is 5. The van der Waals surface area contributed by atoms with Crippen LogP contribution < -0.4 is 0 Å². The van der Waals surface area contributed by atoms with Crippen LogP contribution in [0, 0.1) is 0 Å². The first-order valence-electron chi connectivity index (χ1n) is 30.5. The zero-order valence-electron chi connectivity index (χ0n) is 46.1. The summed E-state index contributed by atoms with van der Waals surface area (Å²) in [6.45, 7) is 7.86. The lowest BCUT2D eigenvalue weighted by Crippen LogP contribution is -2.30. The molecule has 1 unspecified atom stereocenters. The molecule has 0 aliphatic carbocycles. The first-order valence-corrected chi connectivity index (χ1v) is 30.5. The van der Waals surface area contributed by atoms with Crippen LogP contribution in [0.1, 0.15) is 329 Å². The van der Waals surface area contributed by atoms with E-state index >= 15 is 0 Å². The summed E-state index contributed by atoms with van der Waals surface area (Å²) >= 11 is 0. The molecular formula is C63H118O5. The van der Waals surface area contributed by atoms with E-state index in [9.17, 15) is 9.59 Å². The predicted octanol–water partition coefficient (Wildman–Crippen LogP) is 20.9. The van der Waals surface area contributed by atoms with Crippen molar-refractivity contribution in [1.29, 1.82) is 0 Å². The number of rotatable bonds is 57. The monoisotopic (exact) mass is 955 g/mol. The van der Waals surface area contributed by atoms with Crippen molar-refractivity contribution < 1.29 is 23.8 Å². The molecule has 0 fully saturated rings. The molecular weight excluding hydrogens is 837 g/mol. The van der Waals surface area contributed by atoms with Crippen molar-refractivity contribution in [2.45, 2.75) is 335 Å². The first-order chi connectivity index (χ1) is 33.6. The molecule has 0 aromatic heterocycles. The Morgan fingerprint density at radius 2 is 0.618 bits per heavy atom. The standard InChI is InChI=1S/C63H118O5/c1-4-7-10-13-16-19-22-25-28-31-32-34-35-38-41-44-47-50-53-56-62(64)67-60-61(59-66-58-55-52-49-46-43-40-37-30-27-24-21-18-15-12-9-6-3)68-63(65)57-54-51-48-45-42-39-36-33-29-26-23-20-17-14-11-8-5-2/h17,20,25-26,28-29,61H,4-16,18-19,21-24,27,30-60H2,1-3H3/b20-17-,28-25-,29-26-. The molecule has 0 aromatic rings. The van der Waals surface area contributed by atoms with Crippen LogP contribution in [-0.4, -0.2) is 37.9 Å². The fourth-order valence-electron chi connectivity index (χ4n) is 9.07. The molecule has 0 rings (SSSR count). The van der Waals surface area contributed by atoms with E-state index in [1.54, 1.807) is 0 Å². The van der Waals surface area contributed by atoms with E-state index in [0.717, 1.165) is 44.9 Å². The van der Waals surface area contributed by atoms with Crippen LogP contribution >= 0.6 is 0 Å². The number of carbonyl (C=O) groups is 2. The predicted molar refractivity (Wildman–Crippen MR) is 298 cm³/mol. The van der Waals surface area contributed by atoms with E-state index in [2.05, 4.69) is 57.2 Å². The normalized spacial score (nSPS) is 12.3. The zero-order chi connectivity index (χ0) is 49.2. The second kappa shape index (κ2) is 59.4. The molecule has 5 nitrogen and oxygen atoms in total. The van der Waals surface area contributed by atoms with Gasteiger partial charge in [0.1, 0.15) is 6.61 Å². The summed E-state index contributed by atoms with van der Waals surface area (Å²) in [4.78, 5) is 25.6. The molecule has 0 aromatic carbocycles. The summed E-state index contributed by atoms with van der Waals surface area (Å²) in [5, 5.41) is 0. The third kappa shape index (κ3) is 56.7. The number of hydrogen-bond donors (Lipinski definition) is 0. The lowest BCUT2D eigenvalue weighted by molar-refractivity contribution is -0.163. The van der Waals surface area contributed by atoms with E-state index in [-0.39, 0.29) is 18.5 Å². The van der Waals surface area contributed by atoms with Crippen LogP contribution in [0.25, 0.3) is 0 Å². The molecule has 0 heterocycles. The van der Waals surface area contributed by atoms with Crippen LogP contribution in [0.4, 0.5) is 0 Å². The second-order valence-corrected chi connectivity index (χ2v) is 20.6. The van der Waals surface area contributed by atoms with Gasteiger partial charge in [0.25, 0.3) is 0 Å². The number of allylic oxidation sites excluding steroid dienone is 6. The van der Waals surface area contributed by atoms with Gasteiger partial charge in [-0.1, -0.05) is 276 Å². The minimum Gasteiger partial charge on any atom is -0.462 e. The van der Waals surface area contributed by atoms with Crippen LogP contribution in [0.15, 0.2) is 36.5 Å². The summed E-state index contributed by atoms with van der Waals surface area (Å²) < 4.78 is 17.5. The highest BCUT2D eigenvalue weighted by Gasteiger charge is 2.17. The lowest BCUT2D eigenvalue weighted by Gasteiger charge is -2.18. The smallest absolute Gasteiger partial charge is 0.306 e. The van der Waals surface area contributed by atoms with Gasteiger partial charge in [-0.2, -0.15) is 0 Å². The van der Waals surface area contributed by atoms with E-state index in [4.69, 9.17) is 14.2 Å². The Balaban J connectivity index is 4.24. The fraction of sp³-hybridized carbons (Fsp3) is 0.873. The maximum absolute atomic E-state index is 12.9. The first kappa shape index (κ1) is 66.1. The maximum Gasteiger partial charge on any atom is 0.306 e. The van der Waals surface area contributed by atoms with Crippen molar-refractivity contribution in [1.82, 2.24) is 0 Å². The number of unbranched alkanes of at least 4 members (excludes halogenated alkanes) is 40. The highest BCUT2D eigenvalue weighted by atomic mass is 16.6. The number of carbonyl (C=O) groups excluding carboxylic acids is 2. The Kier molecular flexibility index (Phi) is 57.8. The molecule has 0 aliphatic rings. The highest BCUT2D eigenvalue weighted by molar-refractivity contribution is 5.70. The van der Waals surface area contributed by atoms with E-state index in [1.165, 1.54) is 250 Å². The van der Waals surface area contributed by atoms with Crippen molar-refractivity contribution in [3.8, 4) is 0 Å². The van der Waals surface area contributed by atoms with Crippen molar-refractivity contribution in [3.63, 3.8) is 0 Å². The van der Waals surface area contributed by atoms with E-state index in [1.807, 2.05) is 0 Å². The Morgan fingerprint density at radius 3 is 1.01 bits per heavy atom. The molecule has 68 heavy (non-hydrogen) atoms. The average molecular weight is 956 g/mol. The summed E-state index contributed by atoms with van der Waals surface area (Å²) in [5.41, 5.74) is 0. The molecule has 0 saturated heterocycles. The molecule has 400 valence electrons. The van der Waals surface area contributed by atoms with Crippen molar-refractivity contribution >= 4 is 11.9 Å². The van der Waals surface area contributed by atoms with Gasteiger partial charge in [-0.05, 0) is 77.0 Å². The quantitative estimate of drug-likeness (QED) is 0.0345. The highest BCUT2D eigenvalue weighted by Crippen LogP contribution is 2.17. The van der Waals surface area contributed by atoms with Gasteiger partial charge in [-0.25, -0.2) is 0 Å². The summed E-state index contributed by atoms with van der Waals surface area (Å²) in [5.74, 6) is -0.387. The largest absolute Gasteiger partial charge is 0.462 e. The molecule has 0 bridgehead atoms. The van der Waals surface area contributed by atoms with E-state index in [0.29, 0.717) is 26.1 Å². The van der Waals surface area contributed by atoms with Crippen LogP contribution in [0.2, 0.25) is 0 Å². The van der Waals surface area contributed by atoms with Gasteiger partial charge < -0.3 is 14.2 Å². The zero-order valence-corrected chi connectivity index (χ0v) is 46.1. The van der Waals surface area contributed by atoms with Crippen LogP contribution in [0.3, 0.4) is 0 Å². The SMILES string of the molecule is CCCCC/C=C\C/C=C\CCCCCCCCCC(=O)OC(COCCCCCCCCCCCCCCCCCC)COC(=O)CCCCCCCCCCC/C=C\CCCCCCCC. The number of esters is 2. The van der Waals surface area contributed by atoms with Gasteiger partial charge in [-0.3, -0.25) is 9.59 Å². The maximum atomic E-state index is 12.9. The molecule has 0 amide bonds. The second-order valence-electron chi connectivity index (χ2n) is 20.6. The van der Waals surface area contributed by atoms with Gasteiger partial charge in [-0.15, -0.1) is 0 Å². The van der Waals surface area contributed by atoms with Gasteiger partial charge in [0.2, 0.25) is 0 Å². The molecule has 0 aliphatic heterocycles. The van der Waals surface area contributed by atoms with Crippen LogP contribution in [0.5, 0.6) is 0 Å². The van der Waals surface area contributed by atoms with Gasteiger partial charge >= 0.3 is 11.9 Å². The minimum absolute atomic E-state index is 0.0867. The van der Waals surface area contributed by atoms with Crippen molar-refractivity contribution in [2.75, 3.05) is 19.8 Å². The topological polar surface area (TPSA) is 61.8 Å². The van der Waals surface area contributed by atoms with Crippen molar-refractivity contribution in [2.24, 2.45) is 0 Å². The minimum atomic E-state index is -0.537. The summed E-state index contributed by atoms with van der Waals surface area (Å²) in [6.07, 6.45) is 73.1. The molecule has 0 spiro atoms. The van der Waals surface area contributed by atoms with Crippen molar-refractivity contribution in [3.05, 3.63) is 36.5 Å². The van der Waals surface area contributed by atoms with Gasteiger partial charge in [0.15, 0.2) is 6.10 Å².